The van der Waals surface area contributed by atoms with Gasteiger partial charge in [0.2, 0.25) is 0 Å². The summed E-state index contributed by atoms with van der Waals surface area (Å²) in [6.07, 6.45) is 0.241. The van der Waals surface area contributed by atoms with E-state index < -0.39 is 36.5 Å². The van der Waals surface area contributed by atoms with Crippen molar-refractivity contribution >= 4 is 40.7 Å². The number of benzene rings is 1. The molecular formula is C24H26FN5O6S. The average molecular weight is 532 g/mol. The number of rotatable bonds is 8. The second-order valence-corrected chi connectivity index (χ2v) is 9.77. The normalized spacial score (nSPS) is 25.3. The first-order chi connectivity index (χ1) is 17.9. The van der Waals surface area contributed by atoms with Crippen LogP contribution in [-0.2, 0) is 28.5 Å². The van der Waals surface area contributed by atoms with Gasteiger partial charge in [-0.2, -0.15) is 0 Å². The Morgan fingerprint density at radius 1 is 1.16 bits per heavy atom. The third-order valence-electron chi connectivity index (χ3n) is 6.03. The van der Waals surface area contributed by atoms with Crippen molar-refractivity contribution in [3.05, 3.63) is 42.7 Å². The Hall–Kier alpha value is -3.29. The van der Waals surface area contributed by atoms with Crippen LogP contribution in [0.1, 0.15) is 26.5 Å². The van der Waals surface area contributed by atoms with E-state index in [0.29, 0.717) is 35.1 Å². The lowest BCUT2D eigenvalue weighted by molar-refractivity contribution is -0.165. The van der Waals surface area contributed by atoms with Crippen LogP contribution in [0.2, 0.25) is 0 Å². The number of hydrogen-bond acceptors (Lipinski definition) is 11. The number of anilines is 1. The molecule has 37 heavy (non-hydrogen) atoms. The van der Waals surface area contributed by atoms with E-state index in [-0.39, 0.29) is 17.6 Å². The number of thioether (sulfide) groups is 1. The summed E-state index contributed by atoms with van der Waals surface area (Å²) in [7, 11) is 0. The smallest absolute Gasteiger partial charge is 0.303 e. The highest BCUT2D eigenvalue weighted by atomic mass is 32.2. The van der Waals surface area contributed by atoms with Gasteiger partial charge < -0.3 is 24.3 Å². The van der Waals surface area contributed by atoms with E-state index in [1.807, 2.05) is 0 Å². The minimum atomic E-state index is -0.986. The molecule has 0 saturated carbocycles. The number of aromatic nitrogens is 4. The fraction of sp³-hybridized carbons (Fsp3) is 0.458. The molecule has 0 bridgehead atoms. The molecule has 0 amide bonds. The number of carbonyl (C=O) groups excluding carboxylic acids is 2. The van der Waals surface area contributed by atoms with Crippen LogP contribution in [-0.4, -0.2) is 74.8 Å². The van der Waals surface area contributed by atoms with Crippen molar-refractivity contribution in [1.82, 2.24) is 19.5 Å². The Morgan fingerprint density at radius 3 is 2.68 bits per heavy atom. The maximum atomic E-state index is 14.2. The van der Waals surface area contributed by atoms with Crippen LogP contribution in [0.4, 0.5) is 10.2 Å². The number of fused-ring (bicyclic) bond motifs is 1. The van der Waals surface area contributed by atoms with Crippen LogP contribution in [0, 0.1) is 5.82 Å². The van der Waals surface area contributed by atoms with Gasteiger partial charge in [0.1, 0.15) is 18.2 Å². The van der Waals surface area contributed by atoms with Crippen molar-refractivity contribution in [2.75, 3.05) is 24.3 Å². The molecule has 2 aliphatic heterocycles. The van der Waals surface area contributed by atoms with E-state index in [0.717, 1.165) is 6.42 Å². The molecule has 2 saturated heterocycles. The predicted molar refractivity (Wildman–Crippen MR) is 130 cm³/mol. The summed E-state index contributed by atoms with van der Waals surface area (Å²) >= 11 is 1.22. The van der Waals surface area contributed by atoms with E-state index in [9.17, 15) is 14.0 Å². The first-order valence-corrected chi connectivity index (χ1v) is 12.8. The zero-order chi connectivity index (χ0) is 25.9. The van der Waals surface area contributed by atoms with Gasteiger partial charge in [-0.3, -0.25) is 14.2 Å². The molecule has 13 heteroatoms. The minimum absolute atomic E-state index is 0.105. The maximum absolute atomic E-state index is 14.2. The minimum Gasteiger partial charge on any atom is -0.456 e. The summed E-state index contributed by atoms with van der Waals surface area (Å²) in [6, 6.07) is 6.46. The summed E-state index contributed by atoms with van der Waals surface area (Å²) in [4.78, 5) is 37.6. The Balaban J connectivity index is 1.46. The molecule has 0 spiro atoms. The van der Waals surface area contributed by atoms with Crippen LogP contribution >= 0.6 is 11.8 Å². The highest BCUT2D eigenvalue weighted by Gasteiger charge is 2.50. The molecule has 2 aromatic heterocycles. The van der Waals surface area contributed by atoms with Crippen molar-refractivity contribution in [2.24, 2.45) is 0 Å². The van der Waals surface area contributed by atoms with E-state index in [1.54, 1.807) is 22.8 Å². The van der Waals surface area contributed by atoms with Gasteiger partial charge in [-0.15, -0.1) is 11.8 Å². The standard InChI is InChI=1S/C24H26FN5O6S/c1-13(31)34-20-17(10-37-18-6-4-3-5-16(18)25)36-24(21(20)35-14(2)32)30-12-28-19-22(26-11-27-23(19)30)29-15-7-8-33-9-15/h3-6,11-12,15,17,20-21,24H,7-10H2,1-2H3,(H,26,27,29)/t15-,17-,20+,21-,24-/m1/s1. The van der Waals surface area contributed by atoms with Crippen LogP contribution < -0.4 is 5.32 Å². The van der Waals surface area contributed by atoms with Crippen molar-refractivity contribution < 1.29 is 32.9 Å². The summed E-state index contributed by atoms with van der Waals surface area (Å²) in [5.74, 6) is -0.711. The Bertz CT molecular complexity index is 1290. The van der Waals surface area contributed by atoms with Gasteiger partial charge in [0.05, 0.1) is 19.0 Å². The number of esters is 2. The highest BCUT2D eigenvalue weighted by molar-refractivity contribution is 7.99. The van der Waals surface area contributed by atoms with Crippen molar-refractivity contribution in [2.45, 2.75) is 55.7 Å². The predicted octanol–water partition coefficient (Wildman–Crippen LogP) is 2.72. The second kappa shape index (κ2) is 11.0. The van der Waals surface area contributed by atoms with E-state index >= 15 is 0 Å². The fourth-order valence-corrected chi connectivity index (χ4v) is 5.43. The van der Waals surface area contributed by atoms with Crippen LogP contribution in [0.15, 0.2) is 41.8 Å². The zero-order valence-electron chi connectivity index (χ0n) is 20.2. The molecule has 5 atom stereocenters. The Labute approximate surface area is 216 Å². The third-order valence-corrected chi connectivity index (χ3v) is 7.17. The topological polar surface area (TPSA) is 127 Å². The first kappa shape index (κ1) is 25.4. The van der Waals surface area contributed by atoms with Gasteiger partial charge in [0.15, 0.2) is 35.4 Å². The quantitative estimate of drug-likeness (QED) is 0.340. The molecule has 2 fully saturated rings. The summed E-state index contributed by atoms with van der Waals surface area (Å²) in [5.41, 5.74) is 0.954. The lowest BCUT2D eigenvalue weighted by atomic mass is 10.1. The van der Waals surface area contributed by atoms with Crippen molar-refractivity contribution in [1.29, 1.82) is 0 Å². The van der Waals surface area contributed by atoms with Gasteiger partial charge in [0, 0.05) is 31.1 Å². The van der Waals surface area contributed by atoms with Gasteiger partial charge in [0.25, 0.3) is 0 Å². The molecule has 0 aliphatic carbocycles. The summed E-state index contributed by atoms with van der Waals surface area (Å²) in [6.45, 7) is 3.77. The summed E-state index contributed by atoms with van der Waals surface area (Å²) < 4.78 is 38.8. The van der Waals surface area contributed by atoms with Crippen LogP contribution in [0.3, 0.4) is 0 Å². The zero-order valence-corrected chi connectivity index (χ0v) is 21.0. The van der Waals surface area contributed by atoms with Crippen LogP contribution in [0.5, 0.6) is 0 Å². The molecule has 11 nitrogen and oxygen atoms in total. The van der Waals surface area contributed by atoms with E-state index in [2.05, 4.69) is 20.3 Å². The molecule has 1 aromatic carbocycles. The van der Waals surface area contributed by atoms with Gasteiger partial charge in [-0.25, -0.2) is 19.3 Å². The van der Waals surface area contributed by atoms with Gasteiger partial charge >= 0.3 is 11.9 Å². The van der Waals surface area contributed by atoms with Gasteiger partial charge in [-0.05, 0) is 18.6 Å². The van der Waals surface area contributed by atoms with E-state index in [1.165, 1.54) is 44.3 Å². The Kier molecular flexibility index (Phi) is 7.53. The molecule has 2 aliphatic rings. The largest absolute Gasteiger partial charge is 0.456 e. The number of imidazole rings is 1. The van der Waals surface area contributed by atoms with Crippen LogP contribution in [0.25, 0.3) is 11.2 Å². The molecule has 0 radical (unpaired) electrons. The lowest BCUT2D eigenvalue weighted by Crippen LogP contribution is -2.39. The number of nitrogens with zero attached hydrogens (tertiary/aromatic N) is 4. The van der Waals surface area contributed by atoms with E-state index in [4.69, 9.17) is 18.9 Å². The molecular weight excluding hydrogens is 505 g/mol. The first-order valence-electron chi connectivity index (χ1n) is 11.8. The monoisotopic (exact) mass is 531 g/mol. The number of carbonyl (C=O) groups is 2. The number of halogens is 1. The molecule has 5 rings (SSSR count). The SMILES string of the molecule is CC(=O)O[C@@H]1[C@@H](OC(C)=O)[C@@H](CSc2ccccc2F)O[C@H]1n1cnc2c(N[C@@H]3CCOC3)ncnc21. The highest BCUT2D eigenvalue weighted by Crippen LogP contribution is 2.38. The molecule has 3 aromatic rings. The average Bonchev–Trinajstić information content (AvgIpc) is 3.59. The number of nitrogens with one attached hydrogen (secondary N) is 1. The Morgan fingerprint density at radius 2 is 1.95 bits per heavy atom. The molecule has 4 heterocycles. The second-order valence-electron chi connectivity index (χ2n) is 8.71. The lowest BCUT2D eigenvalue weighted by Gasteiger charge is -2.23. The third kappa shape index (κ3) is 5.53. The molecule has 0 unspecified atom stereocenters. The molecule has 1 N–H and O–H groups in total. The van der Waals surface area contributed by atoms with Crippen molar-refractivity contribution in [3.8, 4) is 0 Å². The number of ether oxygens (including phenoxy) is 4. The summed E-state index contributed by atoms with van der Waals surface area (Å²) in [5, 5.41) is 3.33. The van der Waals surface area contributed by atoms with Crippen molar-refractivity contribution in [3.63, 3.8) is 0 Å². The molecule has 196 valence electrons. The maximum Gasteiger partial charge on any atom is 0.303 e. The number of hydrogen-bond donors (Lipinski definition) is 1. The fourth-order valence-electron chi connectivity index (χ4n) is 4.44. The van der Waals surface area contributed by atoms with Gasteiger partial charge in [-0.1, -0.05) is 12.1 Å².